The van der Waals surface area contributed by atoms with Gasteiger partial charge in [0.05, 0.1) is 7.11 Å². The van der Waals surface area contributed by atoms with Crippen molar-refractivity contribution in [1.29, 1.82) is 0 Å². The molecule has 5 nitrogen and oxygen atoms in total. The van der Waals surface area contributed by atoms with Crippen molar-refractivity contribution in [3.63, 3.8) is 0 Å². The van der Waals surface area contributed by atoms with E-state index < -0.39 is 11.9 Å². The molecule has 0 aromatic carbocycles. The first-order chi connectivity index (χ1) is 6.63. The molecular weight excluding hydrogens is 253 g/mol. The molecule has 1 atom stereocenters. The normalized spacial score (nSPS) is 10.6. The highest BCUT2D eigenvalue weighted by atomic mass is 35.5. The number of primary amides is 1. The largest absolute Gasteiger partial charge is 0.481 e. The van der Waals surface area contributed by atoms with Gasteiger partial charge in [0.25, 0.3) is 0 Å². The Balaban J connectivity index is 0. The van der Waals surface area contributed by atoms with Gasteiger partial charge in [0.15, 0.2) is 0 Å². The Labute approximate surface area is 106 Å². The highest BCUT2D eigenvalue weighted by Gasteiger charge is 2.09. The Kier molecular flexibility index (Phi) is 8.84. The van der Waals surface area contributed by atoms with Gasteiger partial charge < -0.3 is 16.2 Å². The van der Waals surface area contributed by atoms with Gasteiger partial charge in [-0.25, -0.2) is 4.98 Å². The first-order valence-corrected chi connectivity index (χ1v) is 4.17. The first-order valence-electron chi connectivity index (χ1n) is 4.17. The number of ether oxygens (including phenoxy) is 1. The van der Waals surface area contributed by atoms with E-state index >= 15 is 0 Å². The molecule has 92 valence electrons. The molecule has 0 spiro atoms. The average Bonchev–Trinajstić information content (AvgIpc) is 2.17. The summed E-state index contributed by atoms with van der Waals surface area (Å²) in [6.45, 7) is 0. The Morgan fingerprint density at radius 1 is 1.50 bits per heavy atom. The number of rotatable bonds is 4. The van der Waals surface area contributed by atoms with Crippen LogP contribution >= 0.6 is 24.8 Å². The minimum Gasteiger partial charge on any atom is -0.481 e. The number of hydrogen-bond donors (Lipinski definition) is 2. The van der Waals surface area contributed by atoms with Crippen molar-refractivity contribution < 1.29 is 9.53 Å². The lowest BCUT2D eigenvalue weighted by molar-refractivity contribution is -0.118. The molecule has 0 radical (unpaired) electrons. The van der Waals surface area contributed by atoms with Gasteiger partial charge in [0.1, 0.15) is 0 Å². The second-order valence-electron chi connectivity index (χ2n) is 2.91. The van der Waals surface area contributed by atoms with Crippen LogP contribution in [0.15, 0.2) is 18.3 Å². The number of halogens is 2. The molecule has 7 heteroatoms. The summed E-state index contributed by atoms with van der Waals surface area (Å²) in [5.41, 5.74) is 11.5. The fourth-order valence-corrected chi connectivity index (χ4v) is 1.07. The molecule has 0 saturated carbocycles. The van der Waals surface area contributed by atoms with Crippen molar-refractivity contribution in [3.05, 3.63) is 23.9 Å². The highest BCUT2D eigenvalue weighted by Crippen LogP contribution is 2.14. The van der Waals surface area contributed by atoms with Crippen LogP contribution in [0.2, 0.25) is 0 Å². The molecule has 0 unspecified atom stereocenters. The molecule has 0 bridgehead atoms. The number of nitrogens with zero attached hydrogens (tertiary/aromatic N) is 1. The van der Waals surface area contributed by atoms with E-state index in [0.29, 0.717) is 5.88 Å². The maximum atomic E-state index is 10.6. The number of carbonyl (C=O) groups is 1. The standard InChI is InChI=1S/C9H13N3O2.2ClH/c1-14-9-3-2-6(5-12-9)7(10)4-8(11)13;;/h2-3,5,7H,4,10H2,1H3,(H2,11,13);2*1H/t7-;;/m1../s1. The summed E-state index contributed by atoms with van der Waals surface area (Å²) in [6, 6.07) is 3.06. The average molecular weight is 268 g/mol. The minimum atomic E-state index is -0.423. The molecule has 1 aromatic heterocycles. The van der Waals surface area contributed by atoms with Gasteiger partial charge in [-0.1, -0.05) is 6.07 Å². The van der Waals surface area contributed by atoms with Crippen LogP contribution in [0.3, 0.4) is 0 Å². The maximum Gasteiger partial charge on any atom is 0.219 e. The molecule has 16 heavy (non-hydrogen) atoms. The molecule has 4 N–H and O–H groups in total. The SMILES string of the molecule is COc1ccc([C@H](N)CC(N)=O)cn1.Cl.Cl. The van der Waals surface area contributed by atoms with Crippen LogP contribution in [0.25, 0.3) is 0 Å². The molecule has 0 aliphatic carbocycles. The van der Waals surface area contributed by atoms with Crippen LogP contribution in [0.5, 0.6) is 5.88 Å². The first kappa shape index (κ1) is 17.4. The second-order valence-corrected chi connectivity index (χ2v) is 2.91. The molecule has 1 amide bonds. The molecule has 1 aromatic rings. The molecular formula is C9H15Cl2N3O2. The van der Waals surface area contributed by atoms with Crippen molar-refractivity contribution in [2.24, 2.45) is 11.5 Å². The third kappa shape index (κ3) is 5.16. The van der Waals surface area contributed by atoms with Gasteiger partial charge in [-0.05, 0) is 5.56 Å². The van der Waals surface area contributed by atoms with Crippen LogP contribution in [0, 0.1) is 0 Å². The van der Waals surface area contributed by atoms with E-state index in [0.717, 1.165) is 5.56 Å². The highest BCUT2D eigenvalue weighted by molar-refractivity contribution is 5.85. The Hall–Kier alpha value is -1.04. The number of methoxy groups -OCH3 is 1. The van der Waals surface area contributed by atoms with Crippen LogP contribution in [-0.4, -0.2) is 18.0 Å². The van der Waals surface area contributed by atoms with Gasteiger partial charge in [0, 0.05) is 24.7 Å². The Morgan fingerprint density at radius 3 is 2.50 bits per heavy atom. The number of amides is 1. The zero-order valence-electron chi connectivity index (χ0n) is 8.75. The predicted octanol–water partition coefficient (Wildman–Crippen LogP) is 0.809. The van der Waals surface area contributed by atoms with Crippen LogP contribution in [-0.2, 0) is 4.79 Å². The fraction of sp³-hybridized carbons (Fsp3) is 0.333. The Bertz CT molecular complexity index is 319. The predicted molar refractivity (Wildman–Crippen MR) is 66.0 cm³/mol. The van der Waals surface area contributed by atoms with E-state index in [4.69, 9.17) is 16.2 Å². The number of pyridine rings is 1. The van der Waals surface area contributed by atoms with Crippen molar-refractivity contribution >= 4 is 30.7 Å². The molecule has 1 heterocycles. The molecule has 0 aliphatic rings. The molecule has 0 fully saturated rings. The summed E-state index contributed by atoms with van der Waals surface area (Å²) in [4.78, 5) is 14.6. The number of carbonyl (C=O) groups excluding carboxylic acids is 1. The van der Waals surface area contributed by atoms with Crippen molar-refractivity contribution in [2.75, 3.05) is 7.11 Å². The van der Waals surface area contributed by atoms with Gasteiger partial charge in [0.2, 0.25) is 11.8 Å². The van der Waals surface area contributed by atoms with Crippen molar-refractivity contribution in [1.82, 2.24) is 4.98 Å². The summed E-state index contributed by atoms with van der Waals surface area (Å²) >= 11 is 0. The van der Waals surface area contributed by atoms with Crippen molar-refractivity contribution in [3.8, 4) is 5.88 Å². The zero-order valence-corrected chi connectivity index (χ0v) is 10.4. The Morgan fingerprint density at radius 2 is 2.12 bits per heavy atom. The minimum absolute atomic E-state index is 0. The zero-order chi connectivity index (χ0) is 10.6. The third-order valence-corrected chi connectivity index (χ3v) is 1.82. The van der Waals surface area contributed by atoms with Gasteiger partial charge in [-0.3, -0.25) is 4.79 Å². The van der Waals surface area contributed by atoms with E-state index in [1.165, 1.54) is 7.11 Å². The molecule has 0 aliphatic heterocycles. The van der Waals surface area contributed by atoms with Crippen LogP contribution < -0.4 is 16.2 Å². The van der Waals surface area contributed by atoms with Crippen LogP contribution in [0.4, 0.5) is 0 Å². The van der Waals surface area contributed by atoms with Crippen molar-refractivity contribution in [2.45, 2.75) is 12.5 Å². The van der Waals surface area contributed by atoms with E-state index in [2.05, 4.69) is 4.98 Å². The molecule has 0 saturated heterocycles. The van der Waals surface area contributed by atoms with E-state index in [-0.39, 0.29) is 31.2 Å². The monoisotopic (exact) mass is 267 g/mol. The fourth-order valence-electron chi connectivity index (χ4n) is 1.07. The lowest BCUT2D eigenvalue weighted by atomic mass is 10.1. The number of hydrogen-bond acceptors (Lipinski definition) is 4. The van der Waals surface area contributed by atoms with Gasteiger partial charge in [-0.15, -0.1) is 24.8 Å². The summed E-state index contributed by atoms with van der Waals surface area (Å²) in [5, 5.41) is 0. The van der Waals surface area contributed by atoms with E-state index in [9.17, 15) is 4.79 Å². The quantitative estimate of drug-likeness (QED) is 0.845. The number of aromatic nitrogens is 1. The summed E-state index contributed by atoms with van der Waals surface area (Å²) in [6.07, 6.45) is 1.69. The van der Waals surface area contributed by atoms with Crippen LogP contribution in [0.1, 0.15) is 18.0 Å². The van der Waals surface area contributed by atoms with Gasteiger partial charge in [-0.2, -0.15) is 0 Å². The number of nitrogens with two attached hydrogens (primary N) is 2. The smallest absolute Gasteiger partial charge is 0.219 e. The summed E-state index contributed by atoms with van der Waals surface area (Å²) < 4.78 is 4.89. The second kappa shape index (κ2) is 8.15. The lowest BCUT2D eigenvalue weighted by Crippen LogP contribution is -2.20. The lowest BCUT2D eigenvalue weighted by Gasteiger charge is -2.09. The van der Waals surface area contributed by atoms with E-state index in [1.807, 2.05) is 0 Å². The third-order valence-electron chi connectivity index (χ3n) is 1.82. The molecule has 1 rings (SSSR count). The maximum absolute atomic E-state index is 10.6. The summed E-state index contributed by atoms with van der Waals surface area (Å²) in [5.74, 6) is 0.0911. The summed E-state index contributed by atoms with van der Waals surface area (Å²) in [7, 11) is 1.53. The topological polar surface area (TPSA) is 91.2 Å². The van der Waals surface area contributed by atoms with E-state index in [1.54, 1.807) is 18.3 Å². The van der Waals surface area contributed by atoms with Gasteiger partial charge >= 0.3 is 0 Å².